The third-order valence-corrected chi connectivity index (χ3v) is 4.93. The molecule has 1 fully saturated rings. The molecule has 1 aliphatic rings. The molecular weight excluding hydrogens is 242 g/mol. The van der Waals surface area contributed by atoms with Gasteiger partial charge in [0.05, 0.1) is 19.1 Å². The number of nitriles is 1. The van der Waals surface area contributed by atoms with Crippen LogP contribution in [0.15, 0.2) is 29.2 Å². The van der Waals surface area contributed by atoms with Crippen molar-refractivity contribution in [1.82, 2.24) is 0 Å². The molecule has 0 aromatic heterocycles. The van der Waals surface area contributed by atoms with Crippen molar-refractivity contribution in [3.63, 3.8) is 0 Å². The Balaban J connectivity index is 2.03. The number of ether oxygens (including phenoxy) is 1. The van der Waals surface area contributed by atoms with Crippen LogP contribution in [0, 0.1) is 23.2 Å². The van der Waals surface area contributed by atoms with Crippen molar-refractivity contribution in [3.05, 3.63) is 24.3 Å². The van der Waals surface area contributed by atoms with Crippen LogP contribution >= 0.6 is 11.8 Å². The van der Waals surface area contributed by atoms with Crippen LogP contribution in [0.5, 0.6) is 5.75 Å². The van der Waals surface area contributed by atoms with E-state index in [1.54, 1.807) is 7.11 Å². The van der Waals surface area contributed by atoms with Crippen molar-refractivity contribution < 1.29 is 4.74 Å². The number of rotatable bonds is 3. The summed E-state index contributed by atoms with van der Waals surface area (Å²) in [7, 11) is 1.68. The minimum absolute atomic E-state index is 0.202. The molecule has 0 heterocycles. The van der Waals surface area contributed by atoms with Crippen molar-refractivity contribution in [2.75, 3.05) is 7.11 Å². The molecule has 1 saturated carbocycles. The van der Waals surface area contributed by atoms with E-state index in [4.69, 9.17) is 4.74 Å². The first-order valence-electron chi connectivity index (χ1n) is 6.43. The standard InChI is InChI=1S/C15H19NOS/c1-11-3-4-12(10-16)15(9-11)18-14-7-5-13(17-2)6-8-14/h5-8,11-12,15H,3-4,9H2,1-2H3. The predicted octanol–water partition coefficient (Wildman–Crippen LogP) is 4.12. The smallest absolute Gasteiger partial charge is 0.118 e. The number of nitrogens with zero attached hydrogens (tertiary/aromatic N) is 1. The van der Waals surface area contributed by atoms with Gasteiger partial charge in [-0.3, -0.25) is 0 Å². The maximum absolute atomic E-state index is 9.22. The van der Waals surface area contributed by atoms with E-state index >= 15 is 0 Å². The summed E-state index contributed by atoms with van der Waals surface area (Å²) in [5, 5.41) is 9.66. The zero-order valence-electron chi connectivity index (χ0n) is 10.9. The van der Waals surface area contributed by atoms with Gasteiger partial charge in [-0.1, -0.05) is 6.92 Å². The molecule has 3 unspecified atom stereocenters. The van der Waals surface area contributed by atoms with Crippen LogP contribution in [0.3, 0.4) is 0 Å². The molecule has 0 bridgehead atoms. The average molecular weight is 261 g/mol. The first-order chi connectivity index (χ1) is 8.72. The summed E-state index contributed by atoms with van der Waals surface area (Å²) in [4.78, 5) is 1.23. The Kier molecular flexibility index (Phi) is 4.54. The summed E-state index contributed by atoms with van der Waals surface area (Å²) in [5.41, 5.74) is 0. The minimum atomic E-state index is 0.202. The van der Waals surface area contributed by atoms with E-state index in [9.17, 15) is 5.26 Å². The summed E-state index contributed by atoms with van der Waals surface area (Å²) < 4.78 is 5.16. The molecule has 0 saturated heterocycles. The molecule has 3 heteroatoms. The van der Waals surface area contributed by atoms with Gasteiger partial charge in [-0.25, -0.2) is 0 Å². The lowest BCUT2D eigenvalue weighted by Gasteiger charge is -2.30. The third-order valence-electron chi connectivity index (χ3n) is 3.57. The monoisotopic (exact) mass is 261 g/mol. The Bertz CT molecular complexity index is 423. The van der Waals surface area contributed by atoms with Crippen molar-refractivity contribution in [1.29, 1.82) is 5.26 Å². The summed E-state index contributed by atoms with van der Waals surface area (Å²) >= 11 is 1.84. The van der Waals surface area contributed by atoms with Crippen LogP contribution in [0.1, 0.15) is 26.2 Å². The summed E-state index contributed by atoms with van der Waals surface area (Å²) in [6.45, 7) is 2.29. The lowest BCUT2D eigenvalue weighted by molar-refractivity contribution is 0.346. The van der Waals surface area contributed by atoms with Crippen LogP contribution < -0.4 is 4.74 Å². The molecule has 18 heavy (non-hydrogen) atoms. The van der Waals surface area contributed by atoms with E-state index in [1.807, 2.05) is 23.9 Å². The molecule has 0 radical (unpaired) electrons. The topological polar surface area (TPSA) is 33.0 Å². The minimum Gasteiger partial charge on any atom is -0.497 e. The highest BCUT2D eigenvalue weighted by molar-refractivity contribution is 8.00. The highest BCUT2D eigenvalue weighted by Crippen LogP contribution is 2.39. The molecule has 1 aromatic rings. The molecule has 1 aliphatic carbocycles. The fourth-order valence-electron chi connectivity index (χ4n) is 2.44. The van der Waals surface area contributed by atoms with Gasteiger partial charge < -0.3 is 4.74 Å². The van der Waals surface area contributed by atoms with Crippen molar-refractivity contribution in [3.8, 4) is 11.8 Å². The van der Waals surface area contributed by atoms with E-state index in [-0.39, 0.29) is 5.92 Å². The molecule has 2 rings (SSSR count). The predicted molar refractivity (Wildman–Crippen MR) is 74.8 cm³/mol. The second-order valence-electron chi connectivity index (χ2n) is 4.99. The molecule has 0 spiro atoms. The van der Waals surface area contributed by atoms with Crippen LogP contribution in [-0.4, -0.2) is 12.4 Å². The SMILES string of the molecule is COc1ccc(SC2CC(C)CCC2C#N)cc1. The Morgan fingerprint density at radius 3 is 2.61 bits per heavy atom. The van der Waals surface area contributed by atoms with E-state index in [0.29, 0.717) is 5.25 Å². The Labute approximate surface area is 113 Å². The van der Waals surface area contributed by atoms with Crippen LogP contribution in [0.25, 0.3) is 0 Å². The van der Waals surface area contributed by atoms with E-state index in [0.717, 1.165) is 24.5 Å². The molecule has 3 atom stereocenters. The van der Waals surface area contributed by atoms with Gasteiger partial charge in [0, 0.05) is 10.1 Å². The van der Waals surface area contributed by atoms with Crippen LogP contribution in [0.4, 0.5) is 0 Å². The van der Waals surface area contributed by atoms with Gasteiger partial charge in [0.1, 0.15) is 5.75 Å². The van der Waals surface area contributed by atoms with E-state index < -0.39 is 0 Å². The Hall–Kier alpha value is -1.14. The molecule has 2 nitrogen and oxygen atoms in total. The van der Waals surface area contributed by atoms with Gasteiger partial charge in [0.25, 0.3) is 0 Å². The van der Waals surface area contributed by atoms with E-state index in [1.165, 1.54) is 11.3 Å². The fourth-order valence-corrected chi connectivity index (χ4v) is 3.86. The number of thioether (sulfide) groups is 1. The second kappa shape index (κ2) is 6.15. The molecule has 96 valence electrons. The molecule has 0 amide bonds. The zero-order valence-corrected chi connectivity index (χ0v) is 11.7. The number of hydrogen-bond donors (Lipinski definition) is 0. The fraction of sp³-hybridized carbons (Fsp3) is 0.533. The number of hydrogen-bond acceptors (Lipinski definition) is 3. The Morgan fingerprint density at radius 2 is 2.00 bits per heavy atom. The van der Waals surface area contributed by atoms with Crippen LogP contribution in [-0.2, 0) is 0 Å². The van der Waals surface area contributed by atoms with Gasteiger partial charge in [-0.05, 0) is 49.4 Å². The molecule has 0 N–H and O–H groups in total. The molecular formula is C15H19NOS. The quantitative estimate of drug-likeness (QED) is 0.820. The third kappa shape index (κ3) is 3.20. The zero-order chi connectivity index (χ0) is 13.0. The van der Waals surface area contributed by atoms with Gasteiger partial charge in [0.15, 0.2) is 0 Å². The van der Waals surface area contributed by atoms with Gasteiger partial charge in [-0.15, -0.1) is 11.8 Å². The highest BCUT2D eigenvalue weighted by Gasteiger charge is 2.29. The second-order valence-corrected chi connectivity index (χ2v) is 6.30. The first kappa shape index (κ1) is 13.3. The van der Waals surface area contributed by atoms with Gasteiger partial charge >= 0.3 is 0 Å². The average Bonchev–Trinajstić information content (AvgIpc) is 2.40. The summed E-state index contributed by atoms with van der Waals surface area (Å²) in [6, 6.07) is 10.6. The summed E-state index contributed by atoms with van der Waals surface area (Å²) in [5.74, 6) is 1.83. The van der Waals surface area contributed by atoms with Crippen molar-refractivity contribution in [2.24, 2.45) is 11.8 Å². The lowest BCUT2D eigenvalue weighted by Crippen LogP contribution is -2.24. The Morgan fingerprint density at radius 1 is 1.28 bits per heavy atom. The van der Waals surface area contributed by atoms with Crippen molar-refractivity contribution >= 4 is 11.8 Å². The van der Waals surface area contributed by atoms with Crippen molar-refractivity contribution in [2.45, 2.75) is 36.3 Å². The maximum atomic E-state index is 9.22. The van der Waals surface area contributed by atoms with Gasteiger partial charge in [-0.2, -0.15) is 5.26 Å². The number of methoxy groups -OCH3 is 1. The number of benzene rings is 1. The summed E-state index contributed by atoms with van der Waals surface area (Å²) in [6.07, 6.45) is 3.39. The molecule has 1 aromatic carbocycles. The maximum Gasteiger partial charge on any atom is 0.118 e. The highest BCUT2D eigenvalue weighted by atomic mass is 32.2. The normalized spacial score (nSPS) is 27.5. The van der Waals surface area contributed by atoms with Crippen LogP contribution in [0.2, 0.25) is 0 Å². The first-order valence-corrected chi connectivity index (χ1v) is 7.31. The lowest BCUT2D eigenvalue weighted by atomic mass is 9.83. The van der Waals surface area contributed by atoms with Gasteiger partial charge in [0.2, 0.25) is 0 Å². The molecule has 0 aliphatic heterocycles. The largest absolute Gasteiger partial charge is 0.497 e. The van der Waals surface area contributed by atoms with E-state index in [2.05, 4.69) is 25.1 Å².